The van der Waals surface area contributed by atoms with Gasteiger partial charge in [0.25, 0.3) is 0 Å². The van der Waals surface area contributed by atoms with Crippen LogP contribution in [-0.4, -0.2) is 18.5 Å². The molecule has 1 aromatic rings. The Kier molecular flexibility index (Phi) is 3.79. The van der Waals surface area contributed by atoms with Crippen LogP contribution in [0, 0.1) is 0 Å². The SMILES string of the molecule is CCC(CCN)N1C(=O)CCc2ccccc21. The van der Waals surface area contributed by atoms with Crippen LogP contribution in [0.15, 0.2) is 24.3 Å². The fraction of sp³-hybridized carbons (Fsp3) is 0.500. The largest absolute Gasteiger partial charge is 0.330 e. The second-order valence-corrected chi connectivity index (χ2v) is 4.53. The zero-order valence-corrected chi connectivity index (χ0v) is 10.4. The molecule has 3 nitrogen and oxygen atoms in total. The lowest BCUT2D eigenvalue weighted by molar-refractivity contribution is -0.119. The molecule has 1 unspecified atom stereocenters. The lowest BCUT2D eigenvalue weighted by Gasteiger charge is -2.35. The molecule has 0 saturated heterocycles. The van der Waals surface area contributed by atoms with Crippen LogP contribution < -0.4 is 10.6 Å². The Bertz CT molecular complexity index is 403. The quantitative estimate of drug-likeness (QED) is 0.864. The molecule has 1 atom stereocenters. The van der Waals surface area contributed by atoms with Crippen molar-refractivity contribution >= 4 is 11.6 Å². The normalized spacial score (nSPS) is 16.8. The molecule has 0 bridgehead atoms. The third-order valence-electron chi connectivity index (χ3n) is 3.46. The van der Waals surface area contributed by atoms with E-state index in [0.717, 1.165) is 24.9 Å². The lowest BCUT2D eigenvalue weighted by Crippen LogP contribution is -2.44. The molecule has 0 saturated carbocycles. The Hall–Kier alpha value is -1.35. The van der Waals surface area contributed by atoms with Crippen molar-refractivity contribution in [3.05, 3.63) is 29.8 Å². The zero-order valence-electron chi connectivity index (χ0n) is 10.4. The highest BCUT2D eigenvalue weighted by Gasteiger charge is 2.28. The van der Waals surface area contributed by atoms with Crippen LogP contribution in [0.5, 0.6) is 0 Å². The molecule has 1 amide bonds. The van der Waals surface area contributed by atoms with Gasteiger partial charge in [-0.2, -0.15) is 0 Å². The molecular weight excluding hydrogens is 212 g/mol. The molecule has 0 aliphatic carbocycles. The number of carbonyl (C=O) groups excluding carboxylic acids is 1. The third-order valence-corrected chi connectivity index (χ3v) is 3.46. The molecule has 1 aliphatic heterocycles. The first-order valence-electron chi connectivity index (χ1n) is 6.38. The number of carbonyl (C=O) groups is 1. The van der Waals surface area contributed by atoms with Gasteiger partial charge in [0.15, 0.2) is 0 Å². The summed E-state index contributed by atoms with van der Waals surface area (Å²) in [5.74, 6) is 0.240. The van der Waals surface area contributed by atoms with Crippen molar-refractivity contribution in [1.29, 1.82) is 0 Å². The number of nitrogens with two attached hydrogens (primary N) is 1. The number of amides is 1. The number of hydrogen-bond acceptors (Lipinski definition) is 2. The van der Waals surface area contributed by atoms with Gasteiger partial charge in [-0.25, -0.2) is 0 Å². The van der Waals surface area contributed by atoms with E-state index in [2.05, 4.69) is 13.0 Å². The topological polar surface area (TPSA) is 46.3 Å². The van der Waals surface area contributed by atoms with Crippen LogP contribution in [-0.2, 0) is 11.2 Å². The van der Waals surface area contributed by atoms with Crippen molar-refractivity contribution in [2.75, 3.05) is 11.4 Å². The van der Waals surface area contributed by atoms with Crippen LogP contribution in [0.25, 0.3) is 0 Å². The molecule has 0 radical (unpaired) electrons. The highest BCUT2D eigenvalue weighted by atomic mass is 16.2. The number of benzene rings is 1. The number of para-hydroxylation sites is 1. The first-order chi connectivity index (χ1) is 8.27. The smallest absolute Gasteiger partial charge is 0.227 e. The average molecular weight is 232 g/mol. The van der Waals surface area contributed by atoms with E-state index in [-0.39, 0.29) is 11.9 Å². The number of anilines is 1. The van der Waals surface area contributed by atoms with Crippen LogP contribution in [0.3, 0.4) is 0 Å². The summed E-state index contributed by atoms with van der Waals surface area (Å²) in [6, 6.07) is 8.44. The predicted octanol–water partition coefficient (Wildman–Crippen LogP) is 2.09. The van der Waals surface area contributed by atoms with Gasteiger partial charge in [0, 0.05) is 18.2 Å². The molecular formula is C14H20N2O. The third kappa shape index (κ3) is 2.34. The molecule has 17 heavy (non-hydrogen) atoms. The van der Waals surface area contributed by atoms with Crippen LogP contribution in [0.1, 0.15) is 31.7 Å². The van der Waals surface area contributed by atoms with E-state index >= 15 is 0 Å². The molecule has 2 rings (SSSR count). The first kappa shape index (κ1) is 12.1. The Balaban J connectivity index is 2.34. The van der Waals surface area contributed by atoms with Crippen molar-refractivity contribution in [3.8, 4) is 0 Å². The van der Waals surface area contributed by atoms with Gasteiger partial charge in [0.2, 0.25) is 5.91 Å². The molecule has 1 heterocycles. The highest BCUT2D eigenvalue weighted by Crippen LogP contribution is 2.30. The summed E-state index contributed by atoms with van der Waals surface area (Å²) < 4.78 is 0. The standard InChI is InChI=1S/C14H20N2O/c1-2-12(9-10-15)16-13-6-4-3-5-11(13)7-8-14(16)17/h3-6,12H,2,7-10,15H2,1H3. The summed E-state index contributed by atoms with van der Waals surface area (Å²) in [4.78, 5) is 14.1. The van der Waals surface area contributed by atoms with Crippen molar-refractivity contribution in [2.45, 2.75) is 38.6 Å². The summed E-state index contributed by atoms with van der Waals surface area (Å²) in [6.45, 7) is 2.75. The number of fused-ring (bicyclic) bond motifs is 1. The van der Waals surface area contributed by atoms with Gasteiger partial charge in [-0.05, 0) is 37.4 Å². The number of rotatable bonds is 4. The van der Waals surface area contributed by atoms with E-state index in [1.165, 1.54) is 5.56 Å². The molecule has 2 N–H and O–H groups in total. The molecule has 3 heteroatoms. The van der Waals surface area contributed by atoms with Crippen molar-refractivity contribution in [1.82, 2.24) is 0 Å². The van der Waals surface area contributed by atoms with E-state index in [0.29, 0.717) is 13.0 Å². The second-order valence-electron chi connectivity index (χ2n) is 4.53. The first-order valence-corrected chi connectivity index (χ1v) is 6.38. The summed E-state index contributed by atoms with van der Waals surface area (Å²) in [5, 5.41) is 0. The van der Waals surface area contributed by atoms with Gasteiger partial charge in [-0.3, -0.25) is 4.79 Å². The Morgan fingerprint density at radius 3 is 2.82 bits per heavy atom. The lowest BCUT2D eigenvalue weighted by atomic mass is 9.97. The zero-order chi connectivity index (χ0) is 12.3. The van der Waals surface area contributed by atoms with E-state index in [1.807, 2.05) is 23.1 Å². The Morgan fingerprint density at radius 2 is 2.12 bits per heavy atom. The Labute approximate surface area is 103 Å². The van der Waals surface area contributed by atoms with Gasteiger partial charge >= 0.3 is 0 Å². The van der Waals surface area contributed by atoms with Gasteiger partial charge in [0.05, 0.1) is 0 Å². The summed E-state index contributed by atoms with van der Waals surface area (Å²) in [5.41, 5.74) is 8.01. The minimum atomic E-state index is 0.240. The fourth-order valence-corrected chi connectivity index (χ4v) is 2.56. The second kappa shape index (κ2) is 5.32. The number of aryl methyl sites for hydroxylation is 1. The maximum Gasteiger partial charge on any atom is 0.227 e. The maximum absolute atomic E-state index is 12.1. The average Bonchev–Trinajstić information content (AvgIpc) is 2.37. The molecule has 1 aromatic carbocycles. The van der Waals surface area contributed by atoms with E-state index < -0.39 is 0 Å². The molecule has 92 valence electrons. The molecule has 0 spiro atoms. The Morgan fingerprint density at radius 1 is 1.35 bits per heavy atom. The molecule has 0 fully saturated rings. The fourth-order valence-electron chi connectivity index (χ4n) is 2.56. The van der Waals surface area contributed by atoms with E-state index in [4.69, 9.17) is 5.73 Å². The van der Waals surface area contributed by atoms with Gasteiger partial charge in [0.1, 0.15) is 0 Å². The maximum atomic E-state index is 12.1. The predicted molar refractivity (Wildman–Crippen MR) is 70.0 cm³/mol. The number of nitrogens with zero attached hydrogens (tertiary/aromatic N) is 1. The molecule has 0 aromatic heterocycles. The van der Waals surface area contributed by atoms with Gasteiger partial charge < -0.3 is 10.6 Å². The monoisotopic (exact) mass is 232 g/mol. The van der Waals surface area contributed by atoms with Gasteiger partial charge in [-0.1, -0.05) is 25.1 Å². The molecule has 1 aliphatic rings. The summed E-state index contributed by atoms with van der Waals surface area (Å²) in [6.07, 6.45) is 3.32. The van der Waals surface area contributed by atoms with E-state index in [9.17, 15) is 4.79 Å². The van der Waals surface area contributed by atoms with Crippen molar-refractivity contribution in [3.63, 3.8) is 0 Å². The number of hydrogen-bond donors (Lipinski definition) is 1. The minimum Gasteiger partial charge on any atom is -0.330 e. The highest BCUT2D eigenvalue weighted by molar-refractivity contribution is 5.96. The van der Waals surface area contributed by atoms with Crippen LogP contribution in [0.2, 0.25) is 0 Å². The van der Waals surface area contributed by atoms with Crippen LogP contribution >= 0.6 is 0 Å². The minimum absolute atomic E-state index is 0.240. The summed E-state index contributed by atoms with van der Waals surface area (Å²) in [7, 11) is 0. The van der Waals surface area contributed by atoms with Gasteiger partial charge in [-0.15, -0.1) is 0 Å². The van der Waals surface area contributed by atoms with Crippen molar-refractivity contribution in [2.24, 2.45) is 5.73 Å². The summed E-state index contributed by atoms with van der Waals surface area (Å²) >= 11 is 0. The van der Waals surface area contributed by atoms with E-state index in [1.54, 1.807) is 0 Å². The van der Waals surface area contributed by atoms with Crippen LogP contribution in [0.4, 0.5) is 5.69 Å². The van der Waals surface area contributed by atoms with Crippen molar-refractivity contribution < 1.29 is 4.79 Å².